The standard InChI is InChI=1S/C28H34FN5O7S/c1-28(2,3)41-27(37)34-42(38,39)31-17-5-4-10-23(33-26(36)40-18-19-12-14-21(29)15-13-19)25(35)32-22-11-6-8-20-9-7-16-30-24(20)22/h6-9,11-16,23,31H,4-5,10,17-18H2,1-3H3,(H,32,35)(H,33,36)(H,34,37)/t23-/m0/s1. The molecule has 3 rings (SSSR count). The fourth-order valence-corrected chi connectivity index (χ4v) is 4.48. The van der Waals surface area contributed by atoms with Crippen LogP contribution in [0.15, 0.2) is 60.8 Å². The summed E-state index contributed by atoms with van der Waals surface area (Å²) in [5.41, 5.74) is 0.704. The van der Waals surface area contributed by atoms with Crippen molar-refractivity contribution < 1.29 is 36.7 Å². The van der Waals surface area contributed by atoms with Crippen molar-refractivity contribution in [1.82, 2.24) is 19.7 Å². The number of carbonyl (C=O) groups is 3. The summed E-state index contributed by atoms with van der Waals surface area (Å²) in [6.45, 7) is 4.61. The largest absolute Gasteiger partial charge is 0.445 e. The first-order valence-electron chi connectivity index (χ1n) is 13.1. The Bertz CT molecular complexity index is 1490. The summed E-state index contributed by atoms with van der Waals surface area (Å²) in [7, 11) is -4.16. The Morgan fingerprint density at radius 2 is 1.69 bits per heavy atom. The Morgan fingerprint density at radius 3 is 2.40 bits per heavy atom. The van der Waals surface area contributed by atoms with E-state index in [1.807, 2.05) is 12.1 Å². The van der Waals surface area contributed by atoms with Gasteiger partial charge < -0.3 is 20.1 Å². The van der Waals surface area contributed by atoms with Crippen molar-refractivity contribution in [1.29, 1.82) is 0 Å². The van der Waals surface area contributed by atoms with Crippen molar-refractivity contribution >= 4 is 44.9 Å². The molecule has 12 nitrogen and oxygen atoms in total. The van der Waals surface area contributed by atoms with Crippen LogP contribution in [-0.4, -0.2) is 49.7 Å². The molecule has 0 fully saturated rings. The zero-order chi connectivity index (χ0) is 30.8. The molecule has 3 amide bonds. The predicted octanol–water partition coefficient (Wildman–Crippen LogP) is 4.14. The molecule has 4 N–H and O–H groups in total. The van der Waals surface area contributed by atoms with Gasteiger partial charge in [-0.3, -0.25) is 9.78 Å². The third kappa shape index (κ3) is 10.9. The van der Waals surface area contributed by atoms with Crippen LogP contribution in [0.4, 0.5) is 19.7 Å². The van der Waals surface area contributed by atoms with Crippen molar-refractivity contribution in [2.24, 2.45) is 0 Å². The summed E-state index contributed by atoms with van der Waals surface area (Å²) < 4.78 is 51.5. The van der Waals surface area contributed by atoms with Crippen LogP contribution in [0.1, 0.15) is 45.6 Å². The van der Waals surface area contributed by atoms with Gasteiger partial charge in [0.2, 0.25) is 5.91 Å². The smallest absolute Gasteiger partial charge is 0.422 e. The van der Waals surface area contributed by atoms with E-state index in [1.54, 1.807) is 49.9 Å². The first kappa shape index (κ1) is 32.2. The highest BCUT2D eigenvalue weighted by molar-refractivity contribution is 7.88. The number of anilines is 1. The Kier molecular flexibility index (Phi) is 11.2. The Morgan fingerprint density at radius 1 is 0.976 bits per heavy atom. The SMILES string of the molecule is CC(C)(C)OC(=O)NS(=O)(=O)NCCCC[C@H](NC(=O)OCc1ccc(F)cc1)C(=O)Nc1cccc2cccnc12. The maximum atomic E-state index is 13.2. The maximum absolute atomic E-state index is 13.2. The topological polar surface area (TPSA) is 165 Å². The fourth-order valence-electron chi connectivity index (χ4n) is 3.73. The molecule has 0 radical (unpaired) electrons. The fraction of sp³-hybridized carbons (Fsp3) is 0.357. The zero-order valence-corrected chi connectivity index (χ0v) is 24.3. The van der Waals surface area contributed by atoms with E-state index in [-0.39, 0.29) is 26.0 Å². The van der Waals surface area contributed by atoms with Crippen LogP contribution >= 0.6 is 0 Å². The molecule has 0 saturated carbocycles. The number of benzene rings is 2. The van der Waals surface area contributed by atoms with Crippen molar-refractivity contribution in [2.75, 3.05) is 11.9 Å². The molecule has 2 aromatic carbocycles. The molecule has 1 heterocycles. The number of alkyl carbamates (subject to hydrolysis) is 1. The number of ether oxygens (including phenoxy) is 2. The van der Waals surface area contributed by atoms with E-state index in [0.29, 0.717) is 23.2 Å². The van der Waals surface area contributed by atoms with Crippen LogP contribution in [0.5, 0.6) is 0 Å². The average Bonchev–Trinajstić information content (AvgIpc) is 2.90. The lowest BCUT2D eigenvalue weighted by Crippen LogP contribution is -2.44. The van der Waals surface area contributed by atoms with E-state index in [2.05, 4.69) is 20.3 Å². The minimum atomic E-state index is -4.16. The Hall–Kier alpha value is -4.30. The second-order valence-electron chi connectivity index (χ2n) is 10.3. The number of fused-ring (bicyclic) bond motifs is 1. The number of para-hydroxylation sites is 1. The quantitative estimate of drug-likeness (QED) is 0.224. The lowest BCUT2D eigenvalue weighted by molar-refractivity contribution is -0.118. The Balaban J connectivity index is 1.59. The summed E-state index contributed by atoms with van der Waals surface area (Å²) >= 11 is 0. The van der Waals surface area contributed by atoms with Crippen LogP contribution in [0.3, 0.4) is 0 Å². The number of rotatable bonds is 12. The highest BCUT2D eigenvalue weighted by Gasteiger charge is 2.23. The molecular weight excluding hydrogens is 569 g/mol. The number of aromatic nitrogens is 1. The first-order valence-corrected chi connectivity index (χ1v) is 14.6. The molecule has 0 bridgehead atoms. The number of halogens is 1. The van der Waals surface area contributed by atoms with Crippen molar-refractivity contribution in [3.8, 4) is 0 Å². The molecule has 42 heavy (non-hydrogen) atoms. The van der Waals surface area contributed by atoms with Crippen molar-refractivity contribution in [3.63, 3.8) is 0 Å². The van der Waals surface area contributed by atoms with E-state index in [0.717, 1.165) is 5.39 Å². The van der Waals surface area contributed by atoms with Gasteiger partial charge in [0, 0.05) is 18.1 Å². The number of nitrogens with one attached hydrogen (secondary N) is 4. The maximum Gasteiger partial charge on any atom is 0.422 e. The summed E-state index contributed by atoms with van der Waals surface area (Å²) in [5.74, 6) is -0.954. The lowest BCUT2D eigenvalue weighted by atomic mass is 10.1. The van der Waals surface area contributed by atoms with Crippen LogP contribution in [0.2, 0.25) is 0 Å². The predicted molar refractivity (Wildman–Crippen MR) is 154 cm³/mol. The molecule has 14 heteroatoms. The normalized spacial score (nSPS) is 12.3. The number of nitrogens with zero attached hydrogens (tertiary/aromatic N) is 1. The lowest BCUT2D eigenvalue weighted by Gasteiger charge is -2.20. The molecule has 0 aliphatic heterocycles. The highest BCUT2D eigenvalue weighted by Crippen LogP contribution is 2.21. The van der Waals surface area contributed by atoms with Gasteiger partial charge in [0.1, 0.15) is 24.1 Å². The molecule has 0 aliphatic rings. The van der Waals surface area contributed by atoms with Crippen LogP contribution in [0.25, 0.3) is 10.9 Å². The van der Waals surface area contributed by atoms with Crippen LogP contribution in [0, 0.1) is 5.82 Å². The number of hydrogen-bond acceptors (Lipinski definition) is 8. The number of unbranched alkanes of at least 4 members (excludes halogenated alkanes) is 1. The third-order valence-corrected chi connectivity index (χ3v) is 6.63. The monoisotopic (exact) mass is 603 g/mol. The molecule has 0 aliphatic carbocycles. The molecular formula is C28H34FN5O7S. The number of carbonyl (C=O) groups excluding carboxylic acids is 3. The number of pyridine rings is 1. The van der Waals surface area contributed by atoms with Gasteiger partial charge in [0.25, 0.3) is 0 Å². The second-order valence-corrected chi connectivity index (χ2v) is 11.8. The molecule has 1 atom stereocenters. The van der Waals surface area contributed by atoms with Gasteiger partial charge in [-0.25, -0.2) is 18.7 Å². The van der Waals surface area contributed by atoms with E-state index in [4.69, 9.17) is 9.47 Å². The van der Waals surface area contributed by atoms with E-state index >= 15 is 0 Å². The number of amides is 3. The minimum absolute atomic E-state index is 0.0469. The van der Waals surface area contributed by atoms with Gasteiger partial charge in [-0.15, -0.1) is 0 Å². The highest BCUT2D eigenvalue weighted by atomic mass is 32.2. The summed E-state index contributed by atoms with van der Waals surface area (Å²) in [6, 6.07) is 13.3. The molecule has 0 unspecified atom stereocenters. The first-order chi connectivity index (χ1) is 19.8. The van der Waals surface area contributed by atoms with Gasteiger partial charge in [-0.2, -0.15) is 13.1 Å². The van der Waals surface area contributed by atoms with E-state index in [1.165, 1.54) is 24.3 Å². The molecule has 1 aromatic heterocycles. The molecule has 226 valence electrons. The second kappa shape index (κ2) is 14.5. The van der Waals surface area contributed by atoms with Gasteiger partial charge in [0.05, 0.1) is 11.2 Å². The summed E-state index contributed by atoms with van der Waals surface area (Å²) in [6.07, 6.45) is 0.354. The van der Waals surface area contributed by atoms with Crippen molar-refractivity contribution in [2.45, 2.75) is 58.3 Å². The van der Waals surface area contributed by atoms with Gasteiger partial charge in [-0.1, -0.05) is 30.3 Å². The summed E-state index contributed by atoms with van der Waals surface area (Å²) in [5, 5.41) is 6.14. The molecule has 3 aromatic rings. The third-order valence-electron chi connectivity index (χ3n) is 5.61. The van der Waals surface area contributed by atoms with E-state index < -0.39 is 45.8 Å². The van der Waals surface area contributed by atoms with Gasteiger partial charge in [-0.05, 0) is 69.9 Å². The summed E-state index contributed by atoms with van der Waals surface area (Å²) in [4.78, 5) is 41.8. The molecule has 0 spiro atoms. The molecule has 0 saturated heterocycles. The van der Waals surface area contributed by atoms with Crippen LogP contribution in [-0.2, 0) is 31.1 Å². The average molecular weight is 604 g/mol. The minimum Gasteiger partial charge on any atom is -0.445 e. The van der Waals surface area contributed by atoms with Gasteiger partial charge >= 0.3 is 22.4 Å². The van der Waals surface area contributed by atoms with Crippen molar-refractivity contribution in [3.05, 3.63) is 72.2 Å². The zero-order valence-electron chi connectivity index (χ0n) is 23.5. The van der Waals surface area contributed by atoms with E-state index in [9.17, 15) is 27.2 Å². The van der Waals surface area contributed by atoms with Gasteiger partial charge in [0.15, 0.2) is 0 Å². The Labute approximate surface area is 243 Å². The van der Waals surface area contributed by atoms with Crippen LogP contribution < -0.4 is 20.1 Å². The number of hydrogen-bond donors (Lipinski definition) is 4.